The van der Waals surface area contributed by atoms with E-state index in [1.165, 1.54) is 42.5 Å². The number of aryl methyl sites for hydroxylation is 1. The Balaban J connectivity index is 1.28. The van der Waals surface area contributed by atoms with Gasteiger partial charge in [-0.1, -0.05) is 5.16 Å². The lowest BCUT2D eigenvalue weighted by Gasteiger charge is -2.33. The zero-order valence-corrected chi connectivity index (χ0v) is 22.6. The number of urea groups is 1. The fourth-order valence-electron chi connectivity index (χ4n) is 3.62. The molecule has 3 N–H and O–H groups in total. The molecule has 3 heterocycles. The first-order valence-corrected chi connectivity index (χ1v) is 14.0. The number of piperazine rings is 1. The number of benzene rings is 1. The third kappa shape index (κ3) is 6.47. The number of hydrogen-bond acceptors (Lipinski definition) is 9. The van der Waals surface area contributed by atoms with Crippen LogP contribution in [0.1, 0.15) is 23.9 Å². The summed E-state index contributed by atoms with van der Waals surface area (Å²) in [7, 11) is -3.90. The minimum atomic E-state index is -3.90. The third-order valence-electron chi connectivity index (χ3n) is 5.95. The molecule has 0 atom stereocenters. The largest absolute Gasteiger partial charge is 0.339 e. The molecule has 0 saturated carbocycles. The monoisotopic (exact) mass is 561 g/mol. The van der Waals surface area contributed by atoms with E-state index in [9.17, 15) is 22.8 Å². The van der Waals surface area contributed by atoms with Gasteiger partial charge in [0, 0.05) is 49.7 Å². The molecule has 1 aliphatic heterocycles. The fourth-order valence-corrected chi connectivity index (χ4v) is 5.37. The Bertz CT molecular complexity index is 1440. The van der Waals surface area contributed by atoms with Crippen LogP contribution in [0.3, 0.4) is 0 Å². The van der Waals surface area contributed by atoms with Crippen molar-refractivity contribution >= 4 is 55.9 Å². The molecule has 0 bridgehead atoms. The standard InChI is InChI=1S/C23H27N7O6S2/c1-14-15(2)27-36-21(14)28-38(34,35)19-6-4-17(5-7-19)24-20(32)12-18-13-37-22(25-18)26-23(33)30-10-8-29(9-11-30)16(3)31/h4-7,13,28H,8-12H2,1-3H3,(H,24,32)(H,25,26,33). The molecule has 13 nitrogen and oxygen atoms in total. The van der Waals surface area contributed by atoms with Crippen LogP contribution in [0.2, 0.25) is 0 Å². The van der Waals surface area contributed by atoms with E-state index in [4.69, 9.17) is 4.52 Å². The van der Waals surface area contributed by atoms with Gasteiger partial charge in [-0.05, 0) is 38.1 Å². The molecule has 1 aliphatic rings. The Morgan fingerprint density at radius 1 is 1.03 bits per heavy atom. The quantitative estimate of drug-likeness (QED) is 0.395. The van der Waals surface area contributed by atoms with Crippen molar-refractivity contribution in [2.75, 3.05) is 41.5 Å². The second-order valence-corrected chi connectivity index (χ2v) is 11.2. The van der Waals surface area contributed by atoms with Crippen LogP contribution in [0.25, 0.3) is 0 Å². The molecular weight excluding hydrogens is 534 g/mol. The smallest absolute Gasteiger partial charge is 0.323 e. The highest BCUT2D eigenvalue weighted by Gasteiger charge is 2.23. The van der Waals surface area contributed by atoms with Crippen molar-refractivity contribution in [3.05, 3.63) is 46.6 Å². The van der Waals surface area contributed by atoms with Crippen LogP contribution in [0.15, 0.2) is 39.1 Å². The van der Waals surface area contributed by atoms with Crippen LogP contribution in [-0.2, 0) is 26.0 Å². The maximum Gasteiger partial charge on any atom is 0.323 e. The Hall–Kier alpha value is -3.98. The van der Waals surface area contributed by atoms with E-state index >= 15 is 0 Å². The molecule has 0 spiro atoms. The van der Waals surface area contributed by atoms with E-state index in [0.717, 1.165) is 0 Å². The topological polar surface area (TPSA) is 167 Å². The summed E-state index contributed by atoms with van der Waals surface area (Å²) in [6.45, 7) is 6.73. The number of sulfonamides is 1. The van der Waals surface area contributed by atoms with Gasteiger partial charge in [0.15, 0.2) is 5.13 Å². The van der Waals surface area contributed by atoms with Gasteiger partial charge in [-0.15, -0.1) is 11.3 Å². The summed E-state index contributed by atoms with van der Waals surface area (Å²) in [6, 6.07) is 5.37. The van der Waals surface area contributed by atoms with E-state index in [0.29, 0.717) is 53.9 Å². The maximum absolute atomic E-state index is 12.6. The predicted molar refractivity (Wildman–Crippen MR) is 141 cm³/mol. The van der Waals surface area contributed by atoms with Gasteiger partial charge in [0.1, 0.15) is 0 Å². The molecule has 2 aromatic heterocycles. The van der Waals surface area contributed by atoms with E-state index in [2.05, 4.69) is 25.5 Å². The van der Waals surface area contributed by atoms with E-state index in [1.807, 2.05) is 0 Å². The molecule has 0 aliphatic carbocycles. The molecule has 1 fully saturated rings. The Kier molecular flexibility index (Phi) is 7.97. The van der Waals surface area contributed by atoms with Gasteiger partial charge in [0.05, 0.1) is 22.7 Å². The summed E-state index contributed by atoms with van der Waals surface area (Å²) in [4.78, 5) is 44.0. The molecule has 202 valence electrons. The second kappa shape index (κ2) is 11.2. The third-order valence-corrected chi connectivity index (χ3v) is 8.11. The number of nitrogens with one attached hydrogen (secondary N) is 3. The molecule has 4 rings (SSSR count). The highest BCUT2D eigenvalue weighted by molar-refractivity contribution is 7.92. The van der Waals surface area contributed by atoms with Crippen LogP contribution in [0.5, 0.6) is 0 Å². The molecule has 0 unspecified atom stereocenters. The first kappa shape index (κ1) is 27.1. The number of anilines is 3. The van der Waals surface area contributed by atoms with E-state index < -0.39 is 10.0 Å². The summed E-state index contributed by atoms with van der Waals surface area (Å²) in [5.74, 6) is -0.317. The average Bonchev–Trinajstić information content (AvgIpc) is 3.44. The number of aromatic nitrogens is 2. The summed E-state index contributed by atoms with van der Waals surface area (Å²) in [5, 5.41) is 11.2. The summed E-state index contributed by atoms with van der Waals surface area (Å²) < 4.78 is 32.6. The van der Waals surface area contributed by atoms with Gasteiger partial charge in [0.25, 0.3) is 10.0 Å². The van der Waals surface area contributed by atoms with Gasteiger partial charge in [-0.25, -0.2) is 22.9 Å². The van der Waals surface area contributed by atoms with Crippen molar-refractivity contribution in [2.24, 2.45) is 0 Å². The van der Waals surface area contributed by atoms with Gasteiger partial charge in [-0.2, -0.15) is 0 Å². The lowest BCUT2D eigenvalue weighted by molar-refractivity contribution is -0.130. The Labute approximate surface area is 223 Å². The molecule has 3 aromatic rings. The van der Waals surface area contributed by atoms with Crippen molar-refractivity contribution in [2.45, 2.75) is 32.1 Å². The number of nitrogens with zero attached hydrogens (tertiary/aromatic N) is 4. The Morgan fingerprint density at radius 2 is 1.68 bits per heavy atom. The van der Waals surface area contributed by atoms with Crippen LogP contribution in [-0.4, -0.2) is 72.4 Å². The summed E-state index contributed by atoms with van der Waals surface area (Å²) in [5.41, 5.74) is 2.06. The summed E-state index contributed by atoms with van der Waals surface area (Å²) in [6.07, 6.45) is -0.0324. The lowest BCUT2D eigenvalue weighted by Crippen LogP contribution is -2.51. The van der Waals surface area contributed by atoms with Gasteiger partial charge in [0.2, 0.25) is 17.7 Å². The number of rotatable bonds is 7. The van der Waals surface area contributed by atoms with E-state index in [1.54, 1.807) is 29.0 Å². The molecule has 4 amide bonds. The minimum absolute atomic E-state index is 0.00783. The average molecular weight is 562 g/mol. The highest BCUT2D eigenvalue weighted by atomic mass is 32.2. The zero-order chi connectivity index (χ0) is 27.4. The predicted octanol–water partition coefficient (Wildman–Crippen LogP) is 2.43. The SMILES string of the molecule is CC(=O)N1CCN(C(=O)Nc2nc(CC(=O)Nc3ccc(S(=O)(=O)Nc4onc(C)c4C)cc3)cs2)CC1. The molecule has 38 heavy (non-hydrogen) atoms. The fraction of sp³-hybridized carbons (Fsp3) is 0.348. The molecule has 0 radical (unpaired) electrons. The van der Waals surface area contributed by atoms with Crippen LogP contribution in [0, 0.1) is 13.8 Å². The van der Waals surface area contributed by atoms with Gasteiger partial charge < -0.3 is 19.6 Å². The van der Waals surface area contributed by atoms with Crippen LogP contribution in [0.4, 0.5) is 21.5 Å². The number of thiazole rings is 1. The Morgan fingerprint density at radius 3 is 2.29 bits per heavy atom. The van der Waals surface area contributed by atoms with Crippen molar-refractivity contribution in [1.82, 2.24) is 19.9 Å². The molecular formula is C23H27N7O6S2. The van der Waals surface area contributed by atoms with Gasteiger partial charge in [-0.3, -0.25) is 14.9 Å². The van der Waals surface area contributed by atoms with Crippen molar-refractivity contribution in [1.29, 1.82) is 0 Å². The molecule has 15 heteroatoms. The highest BCUT2D eigenvalue weighted by Crippen LogP contribution is 2.23. The van der Waals surface area contributed by atoms with E-state index in [-0.39, 0.29) is 35.0 Å². The number of carbonyl (C=O) groups excluding carboxylic acids is 3. The minimum Gasteiger partial charge on any atom is -0.339 e. The molecule has 1 aromatic carbocycles. The zero-order valence-electron chi connectivity index (χ0n) is 21.0. The first-order valence-electron chi connectivity index (χ1n) is 11.6. The summed E-state index contributed by atoms with van der Waals surface area (Å²) >= 11 is 1.20. The van der Waals surface area contributed by atoms with Crippen molar-refractivity contribution < 1.29 is 27.3 Å². The lowest BCUT2D eigenvalue weighted by atomic mass is 10.3. The maximum atomic E-state index is 12.6. The van der Waals surface area contributed by atoms with Crippen molar-refractivity contribution in [3.8, 4) is 0 Å². The number of carbonyl (C=O) groups is 3. The first-order chi connectivity index (χ1) is 18.0. The van der Waals surface area contributed by atoms with Crippen molar-refractivity contribution in [3.63, 3.8) is 0 Å². The number of amides is 4. The van der Waals surface area contributed by atoms with Crippen LogP contribution < -0.4 is 15.4 Å². The molecule has 1 saturated heterocycles. The number of hydrogen-bond donors (Lipinski definition) is 3. The second-order valence-electron chi connectivity index (χ2n) is 8.64. The normalized spacial score (nSPS) is 13.8. The van der Waals surface area contributed by atoms with Gasteiger partial charge >= 0.3 is 6.03 Å². The van der Waals surface area contributed by atoms with Crippen LogP contribution >= 0.6 is 11.3 Å².